The third kappa shape index (κ3) is 5.01. The molecule has 0 saturated heterocycles. The predicted octanol–water partition coefficient (Wildman–Crippen LogP) is 3.33. The second-order valence-corrected chi connectivity index (χ2v) is 8.01. The van der Waals surface area contributed by atoms with Gasteiger partial charge in [0.2, 0.25) is 15.9 Å². The summed E-state index contributed by atoms with van der Waals surface area (Å²) < 4.78 is 23.9. The zero-order valence-corrected chi connectivity index (χ0v) is 16.3. The van der Waals surface area contributed by atoms with E-state index < -0.39 is 10.0 Å². The Balaban J connectivity index is 2.18. The summed E-state index contributed by atoms with van der Waals surface area (Å²) in [7, 11) is -2.11. The van der Waals surface area contributed by atoms with Crippen LogP contribution in [0.3, 0.4) is 0 Å². The fourth-order valence-corrected chi connectivity index (χ4v) is 3.24. The Bertz CT molecular complexity index is 910. The number of sulfonamides is 1. The van der Waals surface area contributed by atoms with E-state index in [1.165, 1.54) is 23.1 Å². The van der Waals surface area contributed by atoms with Crippen molar-refractivity contribution >= 4 is 37.9 Å². The number of hydrogen-bond acceptors (Lipinski definition) is 3. The molecule has 1 unspecified atom stereocenters. The summed E-state index contributed by atoms with van der Waals surface area (Å²) in [5.41, 5.74) is 1.59. The van der Waals surface area contributed by atoms with Gasteiger partial charge in [0, 0.05) is 17.6 Å². The first-order chi connectivity index (χ1) is 11.7. The number of likely N-dealkylation sites (N-methyl/N-ethyl adjacent to an activating group) is 1. The van der Waals surface area contributed by atoms with Crippen LogP contribution < -0.4 is 5.14 Å². The molecule has 5 nitrogen and oxygen atoms in total. The molecule has 0 fully saturated rings. The molecule has 7 heteroatoms. The lowest BCUT2D eigenvalue weighted by Crippen LogP contribution is -2.28. The lowest BCUT2D eigenvalue weighted by Gasteiger charge is -2.24. The van der Waals surface area contributed by atoms with Gasteiger partial charge >= 0.3 is 0 Å². The zero-order valence-electron chi connectivity index (χ0n) is 13.9. The van der Waals surface area contributed by atoms with Gasteiger partial charge in [-0.25, -0.2) is 13.6 Å². The van der Waals surface area contributed by atoms with Crippen molar-refractivity contribution < 1.29 is 13.2 Å². The summed E-state index contributed by atoms with van der Waals surface area (Å²) in [5.74, 6) is -0.190. The van der Waals surface area contributed by atoms with Crippen LogP contribution in [0.2, 0.25) is 0 Å². The third-order valence-electron chi connectivity index (χ3n) is 3.91. The Hall–Kier alpha value is -1.96. The fourth-order valence-electron chi connectivity index (χ4n) is 2.25. The van der Waals surface area contributed by atoms with E-state index in [-0.39, 0.29) is 16.8 Å². The molecule has 0 radical (unpaired) electrons. The van der Waals surface area contributed by atoms with E-state index in [4.69, 9.17) is 5.14 Å². The molecule has 25 heavy (non-hydrogen) atoms. The topological polar surface area (TPSA) is 80.5 Å². The Morgan fingerprint density at radius 1 is 1.20 bits per heavy atom. The quantitative estimate of drug-likeness (QED) is 0.750. The van der Waals surface area contributed by atoms with Gasteiger partial charge in [-0.3, -0.25) is 4.79 Å². The minimum Gasteiger partial charge on any atom is -0.335 e. The van der Waals surface area contributed by atoms with Crippen LogP contribution in [0.25, 0.3) is 6.08 Å². The molecule has 1 amide bonds. The first-order valence-electron chi connectivity index (χ1n) is 7.52. The second kappa shape index (κ2) is 7.95. The van der Waals surface area contributed by atoms with E-state index in [2.05, 4.69) is 15.9 Å². The molecule has 0 aliphatic carbocycles. The highest BCUT2D eigenvalue weighted by molar-refractivity contribution is 9.10. The van der Waals surface area contributed by atoms with Crippen LogP contribution in [0, 0.1) is 0 Å². The minimum absolute atomic E-state index is 0.0291. The second-order valence-electron chi connectivity index (χ2n) is 5.60. The van der Waals surface area contributed by atoms with E-state index in [9.17, 15) is 13.2 Å². The Morgan fingerprint density at radius 3 is 2.52 bits per heavy atom. The van der Waals surface area contributed by atoms with Gasteiger partial charge in [0.05, 0.1) is 10.9 Å². The minimum atomic E-state index is -3.78. The van der Waals surface area contributed by atoms with Gasteiger partial charge in [0.15, 0.2) is 0 Å². The first kappa shape index (κ1) is 19.4. The van der Waals surface area contributed by atoms with E-state index in [1.54, 1.807) is 25.3 Å². The molecule has 0 saturated carbocycles. The molecular weight excluding hydrogens is 404 g/mol. The van der Waals surface area contributed by atoms with Gasteiger partial charge < -0.3 is 4.90 Å². The highest BCUT2D eigenvalue weighted by atomic mass is 79.9. The maximum atomic E-state index is 12.4. The molecule has 2 N–H and O–H groups in total. The molecule has 1 atom stereocenters. The summed E-state index contributed by atoms with van der Waals surface area (Å²) in [6.07, 6.45) is 3.22. The Morgan fingerprint density at radius 2 is 1.88 bits per heavy atom. The van der Waals surface area contributed by atoms with Gasteiger partial charge in [0.25, 0.3) is 0 Å². The van der Waals surface area contributed by atoms with E-state index in [1.807, 2.05) is 31.2 Å². The van der Waals surface area contributed by atoms with Crippen molar-refractivity contribution in [3.8, 4) is 0 Å². The van der Waals surface area contributed by atoms with Gasteiger partial charge in [-0.05, 0) is 42.3 Å². The molecule has 0 aliphatic heterocycles. The molecule has 0 aliphatic rings. The van der Waals surface area contributed by atoms with Crippen LogP contribution in [0.5, 0.6) is 0 Å². The number of carbonyl (C=O) groups excluding carboxylic acids is 1. The zero-order chi connectivity index (χ0) is 18.6. The number of carbonyl (C=O) groups is 1. The van der Waals surface area contributed by atoms with Crippen molar-refractivity contribution in [2.45, 2.75) is 17.9 Å². The number of benzene rings is 2. The summed E-state index contributed by atoms with van der Waals surface area (Å²) in [5, 5.41) is 5.16. The van der Waals surface area contributed by atoms with Crippen LogP contribution in [0.15, 0.2) is 64.0 Å². The molecule has 2 rings (SSSR count). The van der Waals surface area contributed by atoms with Crippen LogP contribution in [0.1, 0.15) is 24.1 Å². The number of nitrogens with two attached hydrogens (primary N) is 1. The molecule has 2 aromatic carbocycles. The van der Waals surface area contributed by atoms with Crippen LogP contribution in [-0.4, -0.2) is 26.3 Å². The monoisotopic (exact) mass is 422 g/mol. The highest BCUT2D eigenvalue weighted by Gasteiger charge is 2.17. The van der Waals surface area contributed by atoms with E-state index >= 15 is 0 Å². The number of primary sulfonamides is 1. The van der Waals surface area contributed by atoms with Crippen molar-refractivity contribution in [3.63, 3.8) is 0 Å². The lowest BCUT2D eigenvalue weighted by molar-refractivity contribution is -0.126. The lowest BCUT2D eigenvalue weighted by atomic mass is 10.1. The van der Waals surface area contributed by atoms with E-state index in [0.29, 0.717) is 5.56 Å². The summed E-state index contributed by atoms with van der Waals surface area (Å²) in [6.45, 7) is 1.83. The van der Waals surface area contributed by atoms with E-state index in [0.717, 1.165) is 10.0 Å². The summed E-state index contributed by atoms with van der Waals surface area (Å²) in [4.78, 5) is 14.0. The molecule has 0 spiro atoms. The Kier molecular flexibility index (Phi) is 6.16. The van der Waals surface area contributed by atoms with Crippen molar-refractivity contribution in [3.05, 3.63) is 70.2 Å². The van der Waals surface area contributed by atoms with Crippen LogP contribution in [0.4, 0.5) is 0 Å². The normalized spacial score (nSPS) is 13.0. The number of rotatable bonds is 5. The van der Waals surface area contributed by atoms with Crippen LogP contribution in [-0.2, 0) is 14.8 Å². The maximum absolute atomic E-state index is 12.4. The van der Waals surface area contributed by atoms with Crippen molar-refractivity contribution in [2.24, 2.45) is 5.14 Å². The Labute approximate surface area is 156 Å². The van der Waals surface area contributed by atoms with Gasteiger partial charge in [0.1, 0.15) is 0 Å². The largest absolute Gasteiger partial charge is 0.335 e. The third-order valence-corrected chi connectivity index (χ3v) is 5.54. The molecular formula is C18H19BrN2O3S. The molecule has 0 aromatic heterocycles. The molecule has 0 heterocycles. The smallest absolute Gasteiger partial charge is 0.246 e. The number of amides is 1. The van der Waals surface area contributed by atoms with Gasteiger partial charge in [-0.15, -0.1) is 0 Å². The van der Waals surface area contributed by atoms with Crippen molar-refractivity contribution in [1.29, 1.82) is 0 Å². The standard InChI is InChI=1S/C18H19BrN2O3S/c1-13(15-7-5-8-16(12-15)25(20,23)24)21(2)18(22)11-10-14-6-3-4-9-17(14)19/h3-13H,1-2H3,(H2,20,23,24)/b11-10+. The number of nitrogens with zero attached hydrogens (tertiary/aromatic N) is 1. The molecule has 2 aromatic rings. The molecule has 132 valence electrons. The predicted molar refractivity (Wildman–Crippen MR) is 102 cm³/mol. The SMILES string of the molecule is CC(c1cccc(S(N)(=O)=O)c1)N(C)C(=O)/C=C/c1ccccc1Br. The maximum Gasteiger partial charge on any atom is 0.246 e. The summed E-state index contributed by atoms with van der Waals surface area (Å²) in [6, 6.07) is 13.6. The summed E-state index contributed by atoms with van der Waals surface area (Å²) >= 11 is 3.43. The fraction of sp³-hybridized carbons (Fsp3) is 0.167. The average Bonchev–Trinajstić information content (AvgIpc) is 2.59. The van der Waals surface area contributed by atoms with Gasteiger partial charge in [-0.2, -0.15) is 0 Å². The number of hydrogen-bond donors (Lipinski definition) is 1. The van der Waals surface area contributed by atoms with Crippen molar-refractivity contribution in [2.75, 3.05) is 7.05 Å². The van der Waals surface area contributed by atoms with Crippen molar-refractivity contribution in [1.82, 2.24) is 4.90 Å². The average molecular weight is 423 g/mol. The number of halogens is 1. The first-order valence-corrected chi connectivity index (χ1v) is 9.86. The van der Waals surface area contributed by atoms with Gasteiger partial charge in [-0.1, -0.05) is 46.3 Å². The molecule has 0 bridgehead atoms. The van der Waals surface area contributed by atoms with Crippen LogP contribution >= 0.6 is 15.9 Å². The highest BCUT2D eigenvalue weighted by Crippen LogP contribution is 2.22.